The van der Waals surface area contributed by atoms with Crippen LogP contribution < -0.4 is 4.74 Å². The number of rotatable bonds is 4. The van der Waals surface area contributed by atoms with Crippen molar-refractivity contribution in [3.05, 3.63) is 47.4 Å². The summed E-state index contributed by atoms with van der Waals surface area (Å²) >= 11 is 5.96. The van der Waals surface area contributed by atoms with E-state index in [-0.39, 0.29) is 11.0 Å². The van der Waals surface area contributed by atoms with Gasteiger partial charge in [-0.3, -0.25) is 0 Å². The molecule has 1 aromatic heterocycles. The molecule has 0 atom stereocenters. The number of hydrogen-bond acceptors (Lipinski definition) is 5. The Labute approximate surface area is 146 Å². The summed E-state index contributed by atoms with van der Waals surface area (Å²) < 4.78 is 32.9. The lowest BCUT2D eigenvalue weighted by atomic mass is 10.1. The van der Waals surface area contributed by atoms with Crippen LogP contribution in [-0.4, -0.2) is 41.9 Å². The molecule has 2 aromatic rings. The quantitative estimate of drug-likeness (QED) is 0.830. The maximum Gasteiger partial charge on any atom is 0.243 e. The van der Waals surface area contributed by atoms with E-state index in [9.17, 15) is 8.42 Å². The van der Waals surface area contributed by atoms with Gasteiger partial charge in [0, 0.05) is 30.4 Å². The van der Waals surface area contributed by atoms with Crippen molar-refractivity contribution in [2.75, 3.05) is 13.1 Å². The smallest absolute Gasteiger partial charge is 0.243 e. The minimum Gasteiger partial charge on any atom is -0.474 e. The minimum atomic E-state index is -3.54. The number of benzene rings is 1. The van der Waals surface area contributed by atoms with Crippen LogP contribution in [0.4, 0.5) is 0 Å². The van der Waals surface area contributed by atoms with Crippen LogP contribution in [0.5, 0.6) is 5.88 Å². The largest absolute Gasteiger partial charge is 0.474 e. The van der Waals surface area contributed by atoms with Crippen molar-refractivity contribution in [1.82, 2.24) is 14.3 Å². The van der Waals surface area contributed by atoms with Gasteiger partial charge in [-0.25, -0.2) is 18.4 Å². The Hall–Kier alpha value is -1.70. The molecular weight excluding hydrogens is 350 g/mol. The van der Waals surface area contributed by atoms with Crippen LogP contribution >= 0.6 is 11.6 Å². The summed E-state index contributed by atoms with van der Waals surface area (Å²) in [5.41, 5.74) is 0.693. The lowest BCUT2D eigenvalue weighted by Crippen LogP contribution is -2.42. The molecule has 1 aromatic carbocycles. The Morgan fingerprint density at radius 3 is 2.67 bits per heavy atom. The first-order chi connectivity index (χ1) is 11.5. The van der Waals surface area contributed by atoms with Gasteiger partial charge in [-0.1, -0.05) is 17.7 Å². The van der Waals surface area contributed by atoms with Gasteiger partial charge in [0.15, 0.2) is 0 Å². The first kappa shape index (κ1) is 17.1. The first-order valence-corrected chi connectivity index (χ1v) is 9.47. The number of sulfonamides is 1. The molecule has 1 fully saturated rings. The Bertz CT molecular complexity index is 807. The molecule has 0 N–H and O–H groups in total. The summed E-state index contributed by atoms with van der Waals surface area (Å²) in [6.07, 6.45) is 4.22. The molecule has 24 heavy (non-hydrogen) atoms. The average Bonchev–Trinajstić information content (AvgIpc) is 2.58. The van der Waals surface area contributed by atoms with Crippen molar-refractivity contribution in [2.45, 2.75) is 30.8 Å². The third kappa shape index (κ3) is 3.68. The zero-order valence-electron chi connectivity index (χ0n) is 13.2. The van der Waals surface area contributed by atoms with Crippen molar-refractivity contribution in [3.63, 3.8) is 0 Å². The Morgan fingerprint density at radius 2 is 2.00 bits per heavy atom. The number of hydrogen-bond donors (Lipinski definition) is 0. The fourth-order valence-electron chi connectivity index (χ4n) is 2.70. The van der Waals surface area contributed by atoms with Crippen LogP contribution in [0, 0.1) is 6.92 Å². The number of nitrogens with zero attached hydrogens (tertiary/aromatic N) is 3. The number of aryl methyl sites for hydroxylation is 1. The normalized spacial score (nSPS) is 16.9. The standard InChI is InChI=1S/C16H18ClN3O3S/c1-12-2-3-13(17)10-15(12)24(21,22)20-8-5-14(6-9-20)23-16-4-7-18-11-19-16/h2-4,7,10-11,14H,5-6,8-9H2,1H3. The SMILES string of the molecule is Cc1ccc(Cl)cc1S(=O)(=O)N1CCC(Oc2ccncn2)CC1. The zero-order valence-corrected chi connectivity index (χ0v) is 14.8. The molecule has 1 saturated heterocycles. The molecule has 0 aliphatic carbocycles. The molecule has 128 valence electrons. The number of ether oxygens (including phenoxy) is 1. The van der Waals surface area contributed by atoms with E-state index < -0.39 is 10.0 Å². The predicted octanol–water partition coefficient (Wildman–Crippen LogP) is 2.67. The number of piperidine rings is 1. The van der Waals surface area contributed by atoms with E-state index >= 15 is 0 Å². The average molecular weight is 368 g/mol. The summed E-state index contributed by atoms with van der Waals surface area (Å²) in [7, 11) is -3.54. The lowest BCUT2D eigenvalue weighted by molar-refractivity contribution is 0.129. The van der Waals surface area contributed by atoms with E-state index in [4.69, 9.17) is 16.3 Å². The second-order valence-electron chi connectivity index (χ2n) is 5.68. The van der Waals surface area contributed by atoms with Crippen LogP contribution in [0.25, 0.3) is 0 Å². The van der Waals surface area contributed by atoms with E-state index in [1.807, 2.05) is 0 Å². The number of halogens is 1. The Kier molecular flexibility index (Phi) is 5.03. The minimum absolute atomic E-state index is 0.0493. The summed E-state index contributed by atoms with van der Waals surface area (Å²) in [6.45, 7) is 2.59. The highest BCUT2D eigenvalue weighted by Gasteiger charge is 2.31. The van der Waals surface area contributed by atoms with Crippen molar-refractivity contribution in [1.29, 1.82) is 0 Å². The summed E-state index contributed by atoms with van der Waals surface area (Å²) in [5.74, 6) is 0.511. The molecule has 2 heterocycles. The molecule has 1 aliphatic heterocycles. The molecule has 3 rings (SSSR count). The first-order valence-electron chi connectivity index (χ1n) is 7.66. The van der Waals surface area contributed by atoms with Crippen molar-refractivity contribution in [3.8, 4) is 5.88 Å². The molecule has 0 bridgehead atoms. The topological polar surface area (TPSA) is 72.4 Å². The molecule has 0 radical (unpaired) electrons. The van der Waals surface area contributed by atoms with Gasteiger partial charge < -0.3 is 4.74 Å². The van der Waals surface area contributed by atoms with Crippen molar-refractivity contribution in [2.24, 2.45) is 0 Å². The van der Waals surface area contributed by atoms with Gasteiger partial charge in [0.2, 0.25) is 15.9 Å². The van der Waals surface area contributed by atoms with Gasteiger partial charge >= 0.3 is 0 Å². The van der Waals surface area contributed by atoms with Crippen LogP contribution in [0.15, 0.2) is 41.7 Å². The van der Waals surface area contributed by atoms with Gasteiger partial charge in [-0.2, -0.15) is 4.31 Å². The maximum absolute atomic E-state index is 12.8. The second kappa shape index (κ2) is 7.04. The van der Waals surface area contributed by atoms with E-state index in [0.29, 0.717) is 42.4 Å². The second-order valence-corrected chi connectivity index (χ2v) is 8.02. The highest BCUT2D eigenvalue weighted by molar-refractivity contribution is 7.89. The van der Waals surface area contributed by atoms with E-state index in [1.165, 1.54) is 16.7 Å². The van der Waals surface area contributed by atoms with Gasteiger partial charge in [0.1, 0.15) is 12.4 Å². The van der Waals surface area contributed by atoms with Crippen LogP contribution in [0.3, 0.4) is 0 Å². The highest BCUT2D eigenvalue weighted by Crippen LogP contribution is 2.26. The predicted molar refractivity (Wildman–Crippen MR) is 90.6 cm³/mol. The van der Waals surface area contributed by atoms with Gasteiger partial charge in [-0.05, 0) is 37.5 Å². The molecule has 1 aliphatic rings. The zero-order chi connectivity index (χ0) is 17.2. The van der Waals surface area contributed by atoms with E-state index in [1.54, 1.807) is 31.3 Å². The van der Waals surface area contributed by atoms with Gasteiger partial charge in [-0.15, -0.1) is 0 Å². The molecule has 0 spiro atoms. The molecular formula is C16H18ClN3O3S. The van der Waals surface area contributed by atoms with Crippen LogP contribution in [0.2, 0.25) is 5.02 Å². The van der Waals surface area contributed by atoms with Crippen molar-refractivity contribution >= 4 is 21.6 Å². The number of aromatic nitrogens is 2. The maximum atomic E-state index is 12.8. The Morgan fingerprint density at radius 1 is 1.25 bits per heavy atom. The summed E-state index contributed by atoms with van der Waals surface area (Å²) in [4.78, 5) is 8.14. The van der Waals surface area contributed by atoms with E-state index in [0.717, 1.165) is 0 Å². The van der Waals surface area contributed by atoms with Crippen LogP contribution in [-0.2, 0) is 10.0 Å². The Balaban J connectivity index is 1.68. The van der Waals surface area contributed by atoms with Gasteiger partial charge in [0.25, 0.3) is 0 Å². The fraction of sp³-hybridized carbons (Fsp3) is 0.375. The molecule has 0 saturated carbocycles. The lowest BCUT2D eigenvalue weighted by Gasteiger charge is -2.31. The third-order valence-electron chi connectivity index (χ3n) is 4.01. The highest BCUT2D eigenvalue weighted by atomic mass is 35.5. The summed E-state index contributed by atoms with van der Waals surface area (Å²) in [6, 6.07) is 6.62. The fourth-order valence-corrected chi connectivity index (χ4v) is 4.66. The molecule has 0 amide bonds. The van der Waals surface area contributed by atoms with Gasteiger partial charge in [0.05, 0.1) is 4.90 Å². The monoisotopic (exact) mass is 367 g/mol. The van der Waals surface area contributed by atoms with Crippen molar-refractivity contribution < 1.29 is 13.2 Å². The molecule has 8 heteroatoms. The summed E-state index contributed by atoms with van der Waals surface area (Å²) in [5, 5.41) is 0.418. The third-order valence-corrected chi connectivity index (χ3v) is 6.29. The van der Waals surface area contributed by atoms with Crippen LogP contribution in [0.1, 0.15) is 18.4 Å². The van der Waals surface area contributed by atoms with E-state index in [2.05, 4.69) is 9.97 Å². The molecule has 6 nitrogen and oxygen atoms in total. The molecule has 0 unspecified atom stereocenters.